The fourth-order valence-electron chi connectivity index (χ4n) is 2.67. The Kier molecular flexibility index (Phi) is 7.14. The molecule has 0 aliphatic carbocycles. The lowest BCUT2D eigenvalue weighted by Gasteiger charge is -2.33. The van der Waals surface area contributed by atoms with Crippen LogP contribution in [0.4, 0.5) is 5.69 Å². The molecule has 1 aliphatic rings. The third kappa shape index (κ3) is 4.31. The summed E-state index contributed by atoms with van der Waals surface area (Å²) in [6, 6.07) is 10.4. The molecule has 0 unspecified atom stereocenters. The molecule has 0 aromatic heterocycles. The molecule has 1 fully saturated rings. The van der Waals surface area contributed by atoms with Crippen molar-refractivity contribution in [3.63, 3.8) is 0 Å². The summed E-state index contributed by atoms with van der Waals surface area (Å²) in [5.41, 5.74) is 1.55. The van der Waals surface area contributed by atoms with Crippen molar-refractivity contribution in [1.82, 2.24) is 0 Å². The highest BCUT2D eigenvalue weighted by Gasteiger charge is 2.32. The Morgan fingerprint density at radius 3 is 1.89 bits per heavy atom. The number of benzene rings is 2. The number of nitrogens with zero attached hydrogens (tertiary/aromatic N) is 1. The van der Waals surface area contributed by atoms with Crippen molar-refractivity contribution in [2.45, 2.75) is 6.92 Å². The highest BCUT2D eigenvalue weighted by Crippen LogP contribution is 2.42. The number of para-hydroxylation sites is 2. The van der Waals surface area contributed by atoms with Gasteiger partial charge >= 0.3 is 0 Å². The second-order valence-corrected chi connectivity index (χ2v) is 5.76. The van der Waals surface area contributed by atoms with Gasteiger partial charge in [-0.05, 0) is 19.1 Å². The van der Waals surface area contributed by atoms with E-state index >= 15 is 0 Å². The average Bonchev–Trinajstić information content (AvgIpc) is 2.72. The summed E-state index contributed by atoms with van der Waals surface area (Å²) >= 11 is 0. The first kappa shape index (κ1) is 21.0. The zero-order valence-corrected chi connectivity index (χ0v) is 16.7. The lowest BCUT2D eigenvalue weighted by Crippen LogP contribution is -2.46. The fourth-order valence-corrected chi connectivity index (χ4v) is 2.67. The van der Waals surface area contributed by atoms with Gasteiger partial charge in [0.05, 0.1) is 40.7 Å². The summed E-state index contributed by atoms with van der Waals surface area (Å²) in [5, 5.41) is 8.99. The number of hydrogen-bond donors (Lipinski definition) is 1. The van der Waals surface area contributed by atoms with Crippen molar-refractivity contribution in [3.8, 4) is 28.7 Å². The number of rotatable bonds is 5. The predicted molar refractivity (Wildman–Crippen MR) is 107 cm³/mol. The maximum atomic E-state index is 11.9. The van der Waals surface area contributed by atoms with E-state index < -0.39 is 0 Å². The number of allylic oxidation sites excluding steroid dienone is 1. The van der Waals surface area contributed by atoms with Crippen LogP contribution in [0.2, 0.25) is 0 Å². The van der Waals surface area contributed by atoms with E-state index in [1.165, 1.54) is 7.11 Å². The van der Waals surface area contributed by atoms with Crippen LogP contribution in [0, 0.1) is 0 Å². The molecule has 2 aromatic rings. The van der Waals surface area contributed by atoms with Crippen molar-refractivity contribution >= 4 is 11.6 Å². The predicted octanol–water partition coefficient (Wildman–Crippen LogP) is 3.41. The quantitative estimate of drug-likeness (QED) is 0.626. The standard InChI is InChI=1S/C14H17NO4.C7H8O2/c1-5-9-8-15(14(9)16)10-6-11(17-2)13(19-4)12(7-10)18-3;1-9-7-5-3-2-4-6(7)8/h5-7H,8H2,1-4H3;2-5,8H,1H3/b9-5-;. The van der Waals surface area contributed by atoms with E-state index in [1.807, 2.05) is 13.0 Å². The molecule has 150 valence electrons. The number of ether oxygens (including phenoxy) is 4. The number of phenols is 1. The Morgan fingerprint density at radius 2 is 1.50 bits per heavy atom. The smallest absolute Gasteiger partial charge is 0.256 e. The summed E-state index contributed by atoms with van der Waals surface area (Å²) < 4.78 is 20.6. The summed E-state index contributed by atoms with van der Waals surface area (Å²) in [7, 11) is 6.18. The maximum absolute atomic E-state index is 11.9. The van der Waals surface area contributed by atoms with Gasteiger partial charge in [0, 0.05) is 17.7 Å². The molecule has 0 spiro atoms. The topological polar surface area (TPSA) is 77.5 Å². The van der Waals surface area contributed by atoms with E-state index in [2.05, 4.69) is 0 Å². The molecule has 1 saturated heterocycles. The maximum Gasteiger partial charge on any atom is 0.256 e. The van der Waals surface area contributed by atoms with Crippen molar-refractivity contribution < 1.29 is 28.8 Å². The van der Waals surface area contributed by atoms with Gasteiger partial charge in [0.15, 0.2) is 23.0 Å². The van der Waals surface area contributed by atoms with Crippen molar-refractivity contribution in [2.75, 3.05) is 39.9 Å². The molecule has 3 rings (SSSR count). The Labute approximate surface area is 164 Å². The van der Waals surface area contributed by atoms with Crippen LogP contribution < -0.4 is 23.8 Å². The zero-order valence-electron chi connectivity index (χ0n) is 16.7. The van der Waals surface area contributed by atoms with E-state index in [0.29, 0.717) is 29.5 Å². The lowest BCUT2D eigenvalue weighted by molar-refractivity contribution is -0.117. The van der Waals surface area contributed by atoms with Crippen molar-refractivity contribution in [1.29, 1.82) is 0 Å². The first-order valence-electron chi connectivity index (χ1n) is 8.59. The Balaban J connectivity index is 0.000000261. The highest BCUT2D eigenvalue weighted by molar-refractivity contribution is 6.13. The van der Waals surface area contributed by atoms with Crippen LogP contribution in [-0.4, -0.2) is 46.0 Å². The van der Waals surface area contributed by atoms with Crippen molar-refractivity contribution in [3.05, 3.63) is 48.0 Å². The van der Waals surface area contributed by atoms with Crippen LogP contribution in [0.5, 0.6) is 28.7 Å². The first-order valence-corrected chi connectivity index (χ1v) is 8.59. The van der Waals surface area contributed by atoms with Gasteiger partial charge in [-0.3, -0.25) is 4.79 Å². The number of carbonyl (C=O) groups is 1. The minimum atomic E-state index is 0.0109. The average molecular weight is 387 g/mol. The molecule has 1 heterocycles. The summed E-state index contributed by atoms with van der Waals surface area (Å²) in [6.07, 6.45) is 1.83. The molecule has 1 N–H and O–H groups in total. The molecule has 2 aromatic carbocycles. The van der Waals surface area contributed by atoms with E-state index in [9.17, 15) is 4.79 Å². The van der Waals surface area contributed by atoms with Gasteiger partial charge in [-0.2, -0.15) is 0 Å². The van der Waals surface area contributed by atoms with E-state index in [4.69, 9.17) is 24.1 Å². The molecule has 1 amide bonds. The van der Waals surface area contributed by atoms with Gasteiger partial charge in [-0.15, -0.1) is 0 Å². The van der Waals surface area contributed by atoms with Gasteiger partial charge < -0.3 is 29.0 Å². The minimum absolute atomic E-state index is 0.0109. The molecule has 28 heavy (non-hydrogen) atoms. The Hall–Kier alpha value is -3.35. The second-order valence-electron chi connectivity index (χ2n) is 5.76. The van der Waals surface area contributed by atoms with Gasteiger partial charge in [0.1, 0.15) is 0 Å². The van der Waals surface area contributed by atoms with Crippen LogP contribution in [0.3, 0.4) is 0 Å². The number of anilines is 1. The third-order valence-electron chi connectivity index (χ3n) is 4.24. The monoisotopic (exact) mass is 387 g/mol. The van der Waals surface area contributed by atoms with E-state index in [-0.39, 0.29) is 11.7 Å². The van der Waals surface area contributed by atoms with Gasteiger partial charge in [0.2, 0.25) is 5.75 Å². The number of amides is 1. The van der Waals surface area contributed by atoms with Crippen LogP contribution in [0.25, 0.3) is 0 Å². The largest absolute Gasteiger partial charge is 0.504 e. The van der Waals surface area contributed by atoms with E-state index in [1.54, 1.807) is 62.6 Å². The number of phenolic OH excluding ortho intramolecular Hbond substituents is 1. The lowest BCUT2D eigenvalue weighted by atomic mass is 10.0. The summed E-state index contributed by atoms with van der Waals surface area (Å²) in [6.45, 7) is 2.47. The van der Waals surface area contributed by atoms with Gasteiger partial charge in [0.25, 0.3) is 5.91 Å². The van der Waals surface area contributed by atoms with Crippen LogP contribution in [0.1, 0.15) is 6.92 Å². The fraction of sp³-hybridized carbons (Fsp3) is 0.286. The second kappa shape index (κ2) is 9.55. The normalized spacial score (nSPS) is 14.0. The molecule has 0 radical (unpaired) electrons. The number of β-lactam (4-membered cyclic amide) rings is 1. The van der Waals surface area contributed by atoms with Crippen LogP contribution >= 0.6 is 0 Å². The summed E-state index contributed by atoms with van der Waals surface area (Å²) in [4.78, 5) is 13.6. The SMILES string of the molecule is C/C=C1/CN(c2cc(OC)c(OC)c(OC)c2)C1=O.COc1ccccc1O. The Bertz CT molecular complexity index is 837. The molecule has 7 nitrogen and oxygen atoms in total. The zero-order chi connectivity index (χ0) is 20.7. The molecule has 7 heteroatoms. The van der Waals surface area contributed by atoms with E-state index in [0.717, 1.165) is 11.3 Å². The molecular formula is C21H25NO6. The number of aromatic hydroxyl groups is 1. The number of hydrogen-bond acceptors (Lipinski definition) is 6. The van der Waals surface area contributed by atoms with Crippen molar-refractivity contribution in [2.24, 2.45) is 0 Å². The first-order chi connectivity index (χ1) is 13.5. The highest BCUT2D eigenvalue weighted by atomic mass is 16.5. The molecule has 0 saturated carbocycles. The van der Waals surface area contributed by atoms with Gasteiger partial charge in [-0.1, -0.05) is 18.2 Å². The van der Waals surface area contributed by atoms with Gasteiger partial charge in [-0.25, -0.2) is 0 Å². The molecule has 0 atom stereocenters. The molecule has 0 bridgehead atoms. The van der Waals surface area contributed by atoms with Crippen LogP contribution in [0.15, 0.2) is 48.0 Å². The minimum Gasteiger partial charge on any atom is -0.504 e. The number of carbonyl (C=O) groups excluding carboxylic acids is 1. The van der Waals surface area contributed by atoms with Crippen LogP contribution in [-0.2, 0) is 4.79 Å². The Morgan fingerprint density at radius 1 is 0.929 bits per heavy atom. The molecule has 1 aliphatic heterocycles. The number of methoxy groups -OCH3 is 4. The third-order valence-corrected chi connectivity index (χ3v) is 4.24. The molecular weight excluding hydrogens is 362 g/mol. The summed E-state index contributed by atoms with van der Waals surface area (Å²) in [5.74, 6) is 2.31.